The maximum atomic E-state index is 5.72. The molecule has 1 N–H and O–H groups in total. The van der Waals surface area contributed by atoms with Gasteiger partial charge < -0.3 is 10.1 Å². The van der Waals surface area contributed by atoms with Crippen molar-refractivity contribution in [2.45, 2.75) is 69.9 Å². The number of ether oxygens (including phenoxy) is 1. The van der Waals surface area contributed by atoms with Crippen molar-refractivity contribution in [2.75, 3.05) is 13.7 Å². The Morgan fingerprint density at radius 3 is 2.50 bits per heavy atom. The van der Waals surface area contributed by atoms with Gasteiger partial charge in [0.25, 0.3) is 0 Å². The molecule has 2 nitrogen and oxygen atoms in total. The second-order valence-electron chi connectivity index (χ2n) is 6.65. The zero-order valence-corrected chi connectivity index (χ0v) is 11.9. The van der Waals surface area contributed by atoms with Crippen molar-refractivity contribution in [3.63, 3.8) is 0 Å². The Labute approximate surface area is 112 Å². The molecule has 3 fully saturated rings. The molecule has 0 aromatic heterocycles. The summed E-state index contributed by atoms with van der Waals surface area (Å²) in [5.41, 5.74) is 0. The quantitative estimate of drug-likeness (QED) is 0.781. The molecule has 0 spiro atoms. The van der Waals surface area contributed by atoms with Crippen LogP contribution in [0.5, 0.6) is 0 Å². The maximum absolute atomic E-state index is 5.72. The number of rotatable bonds is 6. The molecule has 0 aromatic rings. The van der Waals surface area contributed by atoms with E-state index in [1.165, 1.54) is 57.8 Å². The fourth-order valence-corrected chi connectivity index (χ4v) is 4.61. The Morgan fingerprint density at radius 1 is 1.11 bits per heavy atom. The van der Waals surface area contributed by atoms with Gasteiger partial charge in [-0.25, -0.2) is 0 Å². The zero-order valence-electron chi connectivity index (χ0n) is 11.9. The van der Waals surface area contributed by atoms with Gasteiger partial charge in [-0.1, -0.05) is 12.8 Å². The minimum atomic E-state index is 0.587. The summed E-state index contributed by atoms with van der Waals surface area (Å²) >= 11 is 0. The van der Waals surface area contributed by atoms with Crippen LogP contribution in [0.1, 0.15) is 57.8 Å². The SMILES string of the molecule is CNC(CCCC1CCCO1)C1C2CCCCC21. The molecule has 4 unspecified atom stereocenters. The van der Waals surface area contributed by atoms with E-state index in [0.29, 0.717) is 6.10 Å². The fraction of sp³-hybridized carbons (Fsp3) is 1.00. The highest BCUT2D eigenvalue weighted by molar-refractivity contribution is 5.04. The second kappa shape index (κ2) is 5.92. The summed E-state index contributed by atoms with van der Waals surface area (Å²) in [6, 6.07) is 0.791. The molecule has 2 aliphatic carbocycles. The number of hydrogen-bond acceptors (Lipinski definition) is 2. The van der Waals surface area contributed by atoms with Gasteiger partial charge in [0.05, 0.1) is 6.10 Å². The van der Waals surface area contributed by atoms with Crippen LogP contribution in [-0.4, -0.2) is 25.8 Å². The minimum absolute atomic E-state index is 0.587. The highest BCUT2D eigenvalue weighted by Gasteiger charge is 2.53. The van der Waals surface area contributed by atoms with Crippen LogP contribution in [0.3, 0.4) is 0 Å². The molecule has 2 heteroatoms. The van der Waals surface area contributed by atoms with Gasteiger partial charge in [0, 0.05) is 12.6 Å². The largest absolute Gasteiger partial charge is 0.378 e. The Morgan fingerprint density at radius 2 is 1.89 bits per heavy atom. The lowest BCUT2D eigenvalue weighted by molar-refractivity contribution is 0.101. The number of nitrogens with one attached hydrogen (secondary N) is 1. The van der Waals surface area contributed by atoms with Gasteiger partial charge in [-0.2, -0.15) is 0 Å². The van der Waals surface area contributed by atoms with E-state index in [9.17, 15) is 0 Å². The standard InChI is InChI=1S/C16H29NO/c1-17-15(10-4-6-12-7-5-11-18-12)16-13-8-2-3-9-14(13)16/h12-17H,2-11H2,1H3. The van der Waals surface area contributed by atoms with Crippen LogP contribution in [0.25, 0.3) is 0 Å². The topological polar surface area (TPSA) is 21.3 Å². The van der Waals surface area contributed by atoms with Gasteiger partial charge in [0.2, 0.25) is 0 Å². The monoisotopic (exact) mass is 251 g/mol. The Kier molecular flexibility index (Phi) is 4.25. The lowest BCUT2D eigenvalue weighted by Gasteiger charge is -2.17. The average Bonchev–Trinajstić information content (AvgIpc) is 2.88. The fourth-order valence-electron chi connectivity index (χ4n) is 4.61. The van der Waals surface area contributed by atoms with E-state index in [1.807, 2.05) is 0 Å². The van der Waals surface area contributed by atoms with Gasteiger partial charge >= 0.3 is 0 Å². The first kappa shape index (κ1) is 12.9. The van der Waals surface area contributed by atoms with E-state index in [1.54, 1.807) is 0 Å². The Hall–Kier alpha value is -0.0800. The van der Waals surface area contributed by atoms with E-state index in [-0.39, 0.29) is 0 Å². The predicted molar refractivity (Wildman–Crippen MR) is 74.6 cm³/mol. The van der Waals surface area contributed by atoms with Crippen molar-refractivity contribution in [1.29, 1.82) is 0 Å². The summed E-state index contributed by atoms with van der Waals surface area (Å²) in [4.78, 5) is 0. The van der Waals surface area contributed by atoms with E-state index in [0.717, 1.165) is 30.4 Å². The van der Waals surface area contributed by atoms with E-state index in [4.69, 9.17) is 4.74 Å². The highest BCUT2D eigenvalue weighted by Crippen LogP contribution is 2.57. The molecular formula is C16H29NO. The molecule has 2 saturated carbocycles. The van der Waals surface area contributed by atoms with Crippen molar-refractivity contribution in [3.8, 4) is 0 Å². The molecule has 1 heterocycles. The van der Waals surface area contributed by atoms with Crippen LogP contribution in [0, 0.1) is 17.8 Å². The smallest absolute Gasteiger partial charge is 0.0576 e. The first-order chi connectivity index (χ1) is 8.90. The molecule has 1 saturated heterocycles. The third kappa shape index (κ3) is 2.75. The molecule has 18 heavy (non-hydrogen) atoms. The molecule has 0 aromatic carbocycles. The van der Waals surface area contributed by atoms with Crippen LogP contribution in [-0.2, 0) is 4.74 Å². The maximum Gasteiger partial charge on any atom is 0.0576 e. The Bertz CT molecular complexity index is 250. The summed E-state index contributed by atoms with van der Waals surface area (Å²) < 4.78 is 5.72. The summed E-state index contributed by atoms with van der Waals surface area (Å²) in [5, 5.41) is 3.60. The van der Waals surface area contributed by atoms with Crippen LogP contribution in [0.15, 0.2) is 0 Å². The first-order valence-electron chi connectivity index (χ1n) is 8.19. The lowest BCUT2D eigenvalue weighted by atomic mass is 10.0. The second-order valence-corrected chi connectivity index (χ2v) is 6.65. The normalized spacial score (nSPS) is 40.5. The summed E-state index contributed by atoms with van der Waals surface area (Å²) in [7, 11) is 2.17. The van der Waals surface area contributed by atoms with Crippen LogP contribution >= 0.6 is 0 Å². The summed E-state index contributed by atoms with van der Waals surface area (Å²) in [5.74, 6) is 3.18. The van der Waals surface area contributed by atoms with Crippen molar-refractivity contribution >= 4 is 0 Å². The van der Waals surface area contributed by atoms with Gasteiger partial charge in [-0.05, 0) is 69.7 Å². The van der Waals surface area contributed by atoms with Crippen LogP contribution < -0.4 is 5.32 Å². The van der Waals surface area contributed by atoms with Crippen molar-refractivity contribution in [2.24, 2.45) is 17.8 Å². The van der Waals surface area contributed by atoms with Crippen molar-refractivity contribution in [1.82, 2.24) is 5.32 Å². The first-order valence-corrected chi connectivity index (χ1v) is 8.19. The molecular weight excluding hydrogens is 222 g/mol. The molecule has 3 aliphatic rings. The van der Waals surface area contributed by atoms with Gasteiger partial charge in [0.15, 0.2) is 0 Å². The highest BCUT2D eigenvalue weighted by atomic mass is 16.5. The lowest BCUT2D eigenvalue weighted by Crippen LogP contribution is -2.29. The number of fused-ring (bicyclic) bond motifs is 1. The van der Waals surface area contributed by atoms with E-state index in [2.05, 4.69) is 12.4 Å². The molecule has 1 aliphatic heterocycles. The number of hydrogen-bond donors (Lipinski definition) is 1. The van der Waals surface area contributed by atoms with Crippen LogP contribution in [0.2, 0.25) is 0 Å². The van der Waals surface area contributed by atoms with Gasteiger partial charge in [-0.3, -0.25) is 0 Å². The molecule has 4 atom stereocenters. The van der Waals surface area contributed by atoms with Crippen LogP contribution in [0.4, 0.5) is 0 Å². The molecule has 104 valence electrons. The summed E-state index contributed by atoms with van der Waals surface area (Å²) in [6.45, 7) is 1.01. The molecule has 0 radical (unpaired) electrons. The molecule has 0 amide bonds. The third-order valence-corrected chi connectivity index (χ3v) is 5.62. The van der Waals surface area contributed by atoms with Gasteiger partial charge in [-0.15, -0.1) is 0 Å². The van der Waals surface area contributed by atoms with E-state index < -0.39 is 0 Å². The zero-order chi connectivity index (χ0) is 12.4. The van der Waals surface area contributed by atoms with E-state index >= 15 is 0 Å². The minimum Gasteiger partial charge on any atom is -0.378 e. The molecule has 0 bridgehead atoms. The average molecular weight is 251 g/mol. The Balaban J connectivity index is 1.39. The molecule has 3 rings (SSSR count). The predicted octanol–water partition coefficient (Wildman–Crippen LogP) is 3.36. The third-order valence-electron chi connectivity index (χ3n) is 5.62. The van der Waals surface area contributed by atoms with Crippen molar-refractivity contribution < 1.29 is 4.74 Å². The van der Waals surface area contributed by atoms with Gasteiger partial charge in [0.1, 0.15) is 0 Å². The summed E-state index contributed by atoms with van der Waals surface area (Å²) in [6.07, 6.45) is 13.2. The van der Waals surface area contributed by atoms with Crippen molar-refractivity contribution in [3.05, 3.63) is 0 Å².